The molecule has 1 aliphatic carbocycles. The Hall–Kier alpha value is -0.650. The number of aromatic nitrogens is 2. The van der Waals surface area contributed by atoms with E-state index in [1.807, 2.05) is 13.8 Å². The summed E-state index contributed by atoms with van der Waals surface area (Å²) in [6, 6.07) is 0. The van der Waals surface area contributed by atoms with E-state index in [0.29, 0.717) is 18.3 Å². The first-order valence-electron chi connectivity index (χ1n) is 5.34. The third-order valence-corrected chi connectivity index (χ3v) is 2.70. The van der Waals surface area contributed by atoms with E-state index in [9.17, 15) is 0 Å². The summed E-state index contributed by atoms with van der Waals surface area (Å²) >= 11 is 0. The molecule has 0 aromatic carbocycles. The van der Waals surface area contributed by atoms with Gasteiger partial charge in [-0.25, -0.2) is 0 Å². The first-order chi connectivity index (χ1) is 7.10. The van der Waals surface area contributed by atoms with Gasteiger partial charge < -0.3 is 15.0 Å². The third kappa shape index (κ3) is 2.72. The summed E-state index contributed by atoms with van der Waals surface area (Å²) in [6.45, 7) is 4.29. The molecule has 0 saturated heterocycles. The smallest absolute Gasteiger partial charge is 0.252 e. The summed E-state index contributed by atoms with van der Waals surface area (Å²) in [5, 5.41) is 3.90. The largest absolute Gasteiger partial charge is 0.369 e. The van der Waals surface area contributed by atoms with Crippen molar-refractivity contribution in [3.63, 3.8) is 0 Å². The molecule has 2 N–H and O–H groups in total. The van der Waals surface area contributed by atoms with Gasteiger partial charge in [-0.15, -0.1) is 12.4 Å². The molecule has 0 unspecified atom stereocenters. The predicted octanol–water partition coefficient (Wildman–Crippen LogP) is 1.75. The molecular weight excluding hydrogens is 230 g/mol. The van der Waals surface area contributed by atoms with Gasteiger partial charge in [-0.3, -0.25) is 0 Å². The molecule has 0 amide bonds. The predicted molar refractivity (Wildman–Crippen MR) is 61.2 cm³/mol. The number of nitrogens with zero attached hydrogens (tertiary/aromatic N) is 2. The van der Waals surface area contributed by atoms with Crippen molar-refractivity contribution in [3.05, 3.63) is 11.7 Å². The van der Waals surface area contributed by atoms with Gasteiger partial charge in [-0.1, -0.05) is 5.16 Å². The van der Waals surface area contributed by atoms with Crippen LogP contribution in [0.2, 0.25) is 0 Å². The van der Waals surface area contributed by atoms with E-state index < -0.39 is 0 Å². The molecule has 1 aromatic heterocycles. The molecule has 0 radical (unpaired) electrons. The van der Waals surface area contributed by atoms with Gasteiger partial charge in [0.05, 0.1) is 11.6 Å². The highest BCUT2D eigenvalue weighted by atomic mass is 35.5. The van der Waals surface area contributed by atoms with Crippen LogP contribution in [0.25, 0.3) is 0 Å². The summed E-state index contributed by atoms with van der Waals surface area (Å²) in [4.78, 5) is 4.25. The SMILES string of the molecule is CC(C)OCc1nc(C2(N)CCC2)no1.Cl. The number of hydrogen-bond acceptors (Lipinski definition) is 5. The highest BCUT2D eigenvalue weighted by molar-refractivity contribution is 5.85. The second kappa shape index (κ2) is 5.12. The van der Waals surface area contributed by atoms with Crippen LogP contribution in [-0.2, 0) is 16.9 Å². The lowest BCUT2D eigenvalue weighted by molar-refractivity contribution is 0.0485. The third-order valence-electron chi connectivity index (χ3n) is 2.70. The van der Waals surface area contributed by atoms with Crippen LogP contribution in [0.1, 0.15) is 44.8 Å². The van der Waals surface area contributed by atoms with Crippen LogP contribution in [0.4, 0.5) is 0 Å². The first kappa shape index (κ1) is 13.4. The molecule has 16 heavy (non-hydrogen) atoms. The molecule has 1 fully saturated rings. The van der Waals surface area contributed by atoms with E-state index >= 15 is 0 Å². The Bertz CT molecular complexity index is 337. The molecule has 1 aromatic rings. The minimum atomic E-state index is -0.348. The maximum Gasteiger partial charge on any atom is 0.252 e. The van der Waals surface area contributed by atoms with Crippen molar-refractivity contribution in [3.8, 4) is 0 Å². The summed E-state index contributed by atoms with van der Waals surface area (Å²) in [5.41, 5.74) is 5.72. The van der Waals surface area contributed by atoms with Crippen molar-refractivity contribution in [2.24, 2.45) is 5.73 Å². The molecule has 1 heterocycles. The number of halogens is 1. The maximum atomic E-state index is 6.07. The van der Waals surface area contributed by atoms with E-state index in [2.05, 4.69) is 10.1 Å². The Labute approximate surface area is 101 Å². The zero-order valence-corrected chi connectivity index (χ0v) is 10.4. The van der Waals surface area contributed by atoms with Crippen LogP contribution in [0, 0.1) is 0 Å². The van der Waals surface area contributed by atoms with E-state index in [1.54, 1.807) is 0 Å². The van der Waals surface area contributed by atoms with Crippen LogP contribution >= 0.6 is 12.4 Å². The monoisotopic (exact) mass is 247 g/mol. The fraction of sp³-hybridized carbons (Fsp3) is 0.800. The van der Waals surface area contributed by atoms with Crippen molar-refractivity contribution < 1.29 is 9.26 Å². The highest BCUT2D eigenvalue weighted by Crippen LogP contribution is 2.36. The molecular formula is C10H18ClN3O2. The summed E-state index contributed by atoms with van der Waals surface area (Å²) < 4.78 is 10.4. The van der Waals surface area contributed by atoms with Crippen LogP contribution in [-0.4, -0.2) is 16.2 Å². The number of nitrogens with two attached hydrogens (primary N) is 1. The first-order valence-corrected chi connectivity index (χ1v) is 5.34. The fourth-order valence-electron chi connectivity index (χ4n) is 1.53. The molecule has 1 saturated carbocycles. The second-order valence-corrected chi connectivity index (χ2v) is 4.38. The van der Waals surface area contributed by atoms with Gasteiger partial charge in [0.15, 0.2) is 5.82 Å². The maximum absolute atomic E-state index is 6.07. The number of ether oxygens (including phenoxy) is 1. The fourth-order valence-corrected chi connectivity index (χ4v) is 1.53. The molecule has 92 valence electrons. The topological polar surface area (TPSA) is 74.2 Å². The average Bonchev–Trinajstić information content (AvgIpc) is 2.59. The van der Waals surface area contributed by atoms with Crippen molar-refractivity contribution in [2.75, 3.05) is 0 Å². The summed E-state index contributed by atoms with van der Waals surface area (Å²) in [7, 11) is 0. The van der Waals surface area contributed by atoms with Crippen molar-refractivity contribution in [1.82, 2.24) is 10.1 Å². The van der Waals surface area contributed by atoms with Crippen molar-refractivity contribution >= 4 is 12.4 Å². The standard InChI is InChI=1S/C10H17N3O2.ClH/c1-7(2)14-6-8-12-9(13-15-8)10(11)4-3-5-10;/h7H,3-6,11H2,1-2H3;1H. The molecule has 0 bridgehead atoms. The Balaban J connectivity index is 0.00000128. The van der Waals surface area contributed by atoms with Gasteiger partial charge >= 0.3 is 0 Å². The summed E-state index contributed by atoms with van der Waals surface area (Å²) in [6.07, 6.45) is 3.19. The zero-order valence-electron chi connectivity index (χ0n) is 9.60. The van der Waals surface area contributed by atoms with Gasteiger partial charge in [-0.2, -0.15) is 4.98 Å². The molecule has 0 spiro atoms. The molecule has 5 nitrogen and oxygen atoms in total. The van der Waals surface area contributed by atoms with E-state index in [4.69, 9.17) is 15.0 Å². The number of hydrogen-bond donors (Lipinski definition) is 1. The van der Waals surface area contributed by atoms with Gasteiger partial charge in [0.25, 0.3) is 5.89 Å². The Morgan fingerprint density at radius 1 is 1.50 bits per heavy atom. The van der Waals surface area contributed by atoms with Crippen LogP contribution in [0.15, 0.2) is 4.52 Å². The molecule has 0 aliphatic heterocycles. The van der Waals surface area contributed by atoms with E-state index in [0.717, 1.165) is 19.3 Å². The Kier molecular flexibility index (Phi) is 4.29. The Morgan fingerprint density at radius 3 is 2.69 bits per heavy atom. The van der Waals surface area contributed by atoms with Crippen LogP contribution in [0.3, 0.4) is 0 Å². The lowest BCUT2D eigenvalue weighted by Crippen LogP contribution is -2.44. The summed E-state index contributed by atoms with van der Waals surface area (Å²) in [5.74, 6) is 1.13. The van der Waals surface area contributed by atoms with Gasteiger partial charge in [0.2, 0.25) is 0 Å². The molecule has 1 aliphatic rings. The Morgan fingerprint density at radius 2 is 2.19 bits per heavy atom. The highest BCUT2D eigenvalue weighted by Gasteiger charge is 2.38. The lowest BCUT2D eigenvalue weighted by atomic mass is 9.77. The number of rotatable bonds is 4. The molecule has 6 heteroatoms. The van der Waals surface area contributed by atoms with Crippen LogP contribution in [0.5, 0.6) is 0 Å². The van der Waals surface area contributed by atoms with E-state index in [-0.39, 0.29) is 24.0 Å². The minimum absolute atomic E-state index is 0. The van der Waals surface area contributed by atoms with Crippen molar-refractivity contribution in [1.29, 1.82) is 0 Å². The quantitative estimate of drug-likeness (QED) is 0.878. The molecule has 2 rings (SSSR count). The average molecular weight is 248 g/mol. The van der Waals surface area contributed by atoms with E-state index in [1.165, 1.54) is 0 Å². The van der Waals surface area contributed by atoms with Crippen LogP contribution < -0.4 is 5.73 Å². The normalized spacial score (nSPS) is 18.0. The van der Waals surface area contributed by atoms with Crippen molar-refractivity contribution in [2.45, 2.75) is 51.4 Å². The van der Waals surface area contributed by atoms with Gasteiger partial charge in [-0.05, 0) is 33.1 Å². The zero-order chi connectivity index (χ0) is 10.9. The minimum Gasteiger partial charge on any atom is -0.369 e. The molecule has 0 atom stereocenters. The van der Waals surface area contributed by atoms with Gasteiger partial charge in [0.1, 0.15) is 6.61 Å². The van der Waals surface area contributed by atoms with Gasteiger partial charge in [0, 0.05) is 0 Å². The second-order valence-electron chi connectivity index (χ2n) is 4.38. The lowest BCUT2D eigenvalue weighted by Gasteiger charge is -2.34.